The Morgan fingerprint density at radius 3 is 2.88 bits per heavy atom. The molecule has 0 saturated carbocycles. The van der Waals surface area contributed by atoms with E-state index in [0.717, 1.165) is 0 Å². The lowest BCUT2D eigenvalue weighted by molar-refractivity contribution is 0.558. The number of aryl methyl sites for hydroxylation is 1. The summed E-state index contributed by atoms with van der Waals surface area (Å²) in [6.07, 6.45) is 3.28. The zero-order valence-electron chi connectivity index (χ0n) is 4.46. The van der Waals surface area contributed by atoms with Gasteiger partial charge in [-0.05, 0) is 6.07 Å². The quantitative estimate of drug-likeness (QED) is 0.503. The third kappa shape index (κ3) is 0.621. The van der Waals surface area contributed by atoms with E-state index in [2.05, 4.69) is 5.10 Å². The second kappa shape index (κ2) is 1.78. The largest absolute Gasteiger partial charge is 0.283 e. The van der Waals surface area contributed by atoms with Crippen LogP contribution in [0.5, 0.6) is 0 Å². The lowest BCUT2D eigenvalue weighted by atomic mass is 10.5. The van der Waals surface area contributed by atoms with Crippen LogP contribution in [0.2, 0.25) is 0 Å². The van der Waals surface area contributed by atoms with Gasteiger partial charge >= 0.3 is 0 Å². The Morgan fingerprint density at radius 2 is 2.62 bits per heavy atom. The Morgan fingerprint density at radius 1 is 1.88 bits per heavy atom. The summed E-state index contributed by atoms with van der Waals surface area (Å²) in [5, 5.41) is 3.74. The zero-order chi connectivity index (χ0) is 5.98. The van der Waals surface area contributed by atoms with E-state index >= 15 is 0 Å². The van der Waals surface area contributed by atoms with Gasteiger partial charge in [0.2, 0.25) is 0 Å². The average molecular weight is 109 g/mol. The summed E-state index contributed by atoms with van der Waals surface area (Å²) in [5.41, 5.74) is 0.477. The molecule has 8 heavy (non-hydrogen) atoms. The van der Waals surface area contributed by atoms with Gasteiger partial charge in [0.1, 0.15) is 5.69 Å². The molecule has 0 aliphatic rings. The van der Waals surface area contributed by atoms with Gasteiger partial charge in [0.15, 0.2) is 0 Å². The van der Waals surface area contributed by atoms with E-state index in [1.54, 1.807) is 25.6 Å². The maximum absolute atomic E-state index is 9.90. The SMILES string of the molecule is Cn1nccc1[C]=O. The molecule has 1 rings (SSSR count). The van der Waals surface area contributed by atoms with Crippen molar-refractivity contribution in [2.75, 3.05) is 0 Å². The van der Waals surface area contributed by atoms with Crippen LogP contribution in [-0.4, -0.2) is 16.1 Å². The molecule has 0 aliphatic carbocycles. The van der Waals surface area contributed by atoms with Gasteiger partial charge in [-0.15, -0.1) is 0 Å². The van der Waals surface area contributed by atoms with Crippen LogP contribution in [0.1, 0.15) is 5.69 Å². The molecule has 1 aromatic rings. The molecular formula is C5H5N2O. The summed E-state index contributed by atoms with van der Waals surface area (Å²) >= 11 is 0. The Labute approximate surface area is 46.9 Å². The second-order valence-electron chi connectivity index (χ2n) is 1.44. The standard InChI is InChI=1S/C5H5N2O/c1-7-5(4-8)2-3-6-7/h2-3H,1H3. The summed E-state index contributed by atoms with van der Waals surface area (Å²) in [7, 11) is 1.69. The van der Waals surface area contributed by atoms with Gasteiger partial charge in [-0.25, -0.2) is 0 Å². The normalized spacial score (nSPS) is 9.12. The molecule has 0 fully saturated rings. The maximum atomic E-state index is 9.90. The number of aromatic nitrogens is 2. The first-order valence-corrected chi connectivity index (χ1v) is 2.21. The third-order valence-corrected chi connectivity index (χ3v) is 0.925. The molecular weight excluding hydrogens is 104 g/mol. The Bertz CT molecular complexity index is 192. The molecule has 1 radical (unpaired) electrons. The fourth-order valence-corrected chi connectivity index (χ4v) is 0.474. The molecule has 0 atom stereocenters. The van der Waals surface area contributed by atoms with E-state index < -0.39 is 0 Å². The number of carbonyl (C=O) groups excluding carboxylic acids is 1. The van der Waals surface area contributed by atoms with Crippen LogP contribution in [0.25, 0.3) is 0 Å². The summed E-state index contributed by atoms with van der Waals surface area (Å²) in [6.45, 7) is 0. The third-order valence-electron chi connectivity index (χ3n) is 0.925. The van der Waals surface area contributed by atoms with Crippen molar-refractivity contribution >= 4 is 6.29 Å². The summed E-state index contributed by atoms with van der Waals surface area (Å²) in [6, 6.07) is 1.60. The van der Waals surface area contributed by atoms with E-state index in [4.69, 9.17) is 0 Å². The van der Waals surface area contributed by atoms with Crippen molar-refractivity contribution in [3.05, 3.63) is 18.0 Å². The summed E-state index contributed by atoms with van der Waals surface area (Å²) in [5.74, 6) is 0. The van der Waals surface area contributed by atoms with Crippen molar-refractivity contribution in [2.45, 2.75) is 0 Å². The van der Waals surface area contributed by atoms with E-state index in [1.807, 2.05) is 0 Å². The number of rotatable bonds is 1. The molecule has 3 heteroatoms. The van der Waals surface area contributed by atoms with Gasteiger partial charge in [-0.1, -0.05) is 0 Å². The van der Waals surface area contributed by atoms with Crippen molar-refractivity contribution in [3.63, 3.8) is 0 Å². The van der Waals surface area contributed by atoms with E-state index in [0.29, 0.717) is 5.69 Å². The second-order valence-corrected chi connectivity index (χ2v) is 1.44. The van der Waals surface area contributed by atoms with Crippen molar-refractivity contribution in [2.24, 2.45) is 7.05 Å². The van der Waals surface area contributed by atoms with E-state index in [1.165, 1.54) is 4.68 Å². The molecule has 0 bridgehead atoms. The number of hydrogen-bond acceptors (Lipinski definition) is 2. The van der Waals surface area contributed by atoms with Crippen molar-refractivity contribution < 1.29 is 4.79 Å². The highest BCUT2D eigenvalue weighted by atomic mass is 16.1. The molecule has 0 unspecified atom stereocenters. The summed E-state index contributed by atoms with van der Waals surface area (Å²) in [4.78, 5) is 9.90. The molecule has 1 aromatic heterocycles. The van der Waals surface area contributed by atoms with Crippen molar-refractivity contribution in [1.82, 2.24) is 9.78 Å². The van der Waals surface area contributed by atoms with Gasteiger partial charge in [0.05, 0.1) is 0 Å². The first-order chi connectivity index (χ1) is 3.84. The molecule has 1 heterocycles. The van der Waals surface area contributed by atoms with E-state index in [9.17, 15) is 4.79 Å². The molecule has 0 N–H and O–H groups in total. The van der Waals surface area contributed by atoms with Crippen LogP contribution in [0, 0.1) is 0 Å². The highest BCUT2D eigenvalue weighted by Gasteiger charge is 1.92. The Kier molecular flexibility index (Phi) is 1.12. The molecule has 0 aromatic carbocycles. The van der Waals surface area contributed by atoms with Crippen molar-refractivity contribution in [3.8, 4) is 0 Å². The van der Waals surface area contributed by atoms with Crippen LogP contribution >= 0.6 is 0 Å². The minimum atomic E-state index is 0.477. The van der Waals surface area contributed by atoms with Crippen LogP contribution in [0.15, 0.2) is 12.3 Å². The fraction of sp³-hybridized carbons (Fsp3) is 0.200. The van der Waals surface area contributed by atoms with Gasteiger partial charge < -0.3 is 0 Å². The van der Waals surface area contributed by atoms with Gasteiger partial charge in [0.25, 0.3) is 6.29 Å². The lowest BCUT2D eigenvalue weighted by Crippen LogP contribution is -1.95. The molecule has 0 saturated heterocycles. The van der Waals surface area contributed by atoms with Crippen LogP contribution < -0.4 is 0 Å². The molecule has 0 aliphatic heterocycles. The molecule has 41 valence electrons. The predicted molar refractivity (Wildman–Crippen MR) is 28.0 cm³/mol. The van der Waals surface area contributed by atoms with Crippen LogP contribution in [-0.2, 0) is 11.8 Å². The van der Waals surface area contributed by atoms with Crippen LogP contribution in [0.3, 0.4) is 0 Å². The molecule has 0 amide bonds. The van der Waals surface area contributed by atoms with Crippen LogP contribution in [0.4, 0.5) is 0 Å². The van der Waals surface area contributed by atoms with Gasteiger partial charge in [-0.3, -0.25) is 9.48 Å². The first kappa shape index (κ1) is 5.03. The summed E-state index contributed by atoms with van der Waals surface area (Å²) < 4.78 is 1.47. The van der Waals surface area contributed by atoms with Gasteiger partial charge in [0, 0.05) is 13.2 Å². The molecule has 0 spiro atoms. The lowest BCUT2D eigenvalue weighted by Gasteiger charge is -1.85. The Hall–Kier alpha value is -1.12. The monoisotopic (exact) mass is 109 g/mol. The predicted octanol–water partition coefficient (Wildman–Crippen LogP) is -0.122. The topological polar surface area (TPSA) is 34.9 Å². The highest BCUT2D eigenvalue weighted by Crippen LogP contribution is 1.87. The average Bonchev–Trinajstić information content (AvgIpc) is 2.14. The first-order valence-electron chi connectivity index (χ1n) is 2.21. The minimum Gasteiger partial charge on any atom is -0.283 e. The number of nitrogens with zero attached hydrogens (tertiary/aromatic N) is 2. The van der Waals surface area contributed by atoms with Gasteiger partial charge in [-0.2, -0.15) is 5.10 Å². The number of hydrogen-bond donors (Lipinski definition) is 0. The minimum absolute atomic E-state index is 0.477. The Balaban J connectivity index is 3.09. The van der Waals surface area contributed by atoms with Crippen molar-refractivity contribution in [1.29, 1.82) is 0 Å². The fourth-order valence-electron chi connectivity index (χ4n) is 0.474. The zero-order valence-corrected chi connectivity index (χ0v) is 4.46. The molecule has 3 nitrogen and oxygen atoms in total. The maximum Gasteiger partial charge on any atom is 0.253 e. The smallest absolute Gasteiger partial charge is 0.253 e. The van der Waals surface area contributed by atoms with E-state index in [-0.39, 0.29) is 0 Å². The highest BCUT2D eigenvalue weighted by molar-refractivity contribution is 5.72.